The molecule has 0 saturated carbocycles. The van der Waals surface area contributed by atoms with Crippen LogP contribution in [0.25, 0.3) is 16.5 Å². The molecule has 0 saturated heterocycles. The van der Waals surface area contributed by atoms with E-state index in [1.165, 1.54) is 10.8 Å². The number of ether oxygens (including phenoxy) is 3. The molecule has 0 amide bonds. The van der Waals surface area contributed by atoms with Gasteiger partial charge in [-0.15, -0.1) is 0 Å². The molecule has 0 atom stereocenters. The first kappa shape index (κ1) is 17.8. The molecule has 1 aliphatic rings. The molecule has 7 heteroatoms. The Morgan fingerprint density at radius 1 is 1.31 bits per heavy atom. The first-order valence-corrected chi connectivity index (χ1v) is 8.32. The first-order chi connectivity index (χ1) is 12.2. The quantitative estimate of drug-likeness (QED) is 0.824. The van der Waals surface area contributed by atoms with E-state index in [1.807, 2.05) is 0 Å². The molecule has 138 valence electrons. The standard InChI is InChI=1S/C19H21NO6/c1-5-24-17(22)16-11-9-20(18(23)26-19(2,3)4)12-7-6-8-14(15(11)12)25-10-13(16)21/h6-9,21H,5,10H2,1-4H3. The van der Waals surface area contributed by atoms with E-state index < -0.39 is 17.7 Å². The topological polar surface area (TPSA) is 87.0 Å². The summed E-state index contributed by atoms with van der Waals surface area (Å²) < 4.78 is 17.4. The summed E-state index contributed by atoms with van der Waals surface area (Å²) in [5, 5.41) is 10.9. The van der Waals surface area contributed by atoms with Crippen molar-refractivity contribution >= 4 is 28.5 Å². The number of aliphatic hydroxyl groups excluding tert-OH is 1. The van der Waals surface area contributed by atoms with Crippen LogP contribution in [-0.4, -0.2) is 40.6 Å². The van der Waals surface area contributed by atoms with Crippen molar-refractivity contribution in [1.82, 2.24) is 4.57 Å². The van der Waals surface area contributed by atoms with E-state index in [4.69, 9.17) is 14.2 Å². The first-order valence-electron chi connectivity index (χ1n) is 8.32. The molecule has 1 aromatic heterocycles. The normalized spacial score (nSPS) is 14.0. The van der Waals surface area contributed by atoms with Crippen molar-refractivity contribution in [3.63, 3.8) is 0 Å². The van der Waals surface area contributed by atoms with Gasteiger partial charge in [0.25, 0.3) is 0 Å². The number of nitrogens with zero attached hydrogens (tertiary/aromatic N) is 1. The summed E-state index contributed by atoms with van der Waals surface area (Å²) in [5.41, 5.74) is 0.198. The summed E-state index contributed by atoms with van der Waals surface area (Å²) in [6.07, 6.45) is 0.883. The van der Waals surface area contributed by atoms with Gasteiger partial charge >= 0.3 is 12.1 Å². The highest BCUT2D eigenvalue weighted by atomic mass is 16.6. The number of hydrogen-bond donors (Lipinski definition) is 1. The van der Waals surface area contributed by atoms with Gasteiger partial charge in [-0.1, -0.05) is 6.07 Å². The molecule has 1 aliphatic heterocycles. The Labute approximate surface area is 150 Å². The average molecular weight is 359 g/mol. The Balaban J connectivity index is 2.23. The maximum Gasteiger partial charge on any atom is 0.419 e. The summed E-state index contributed by atoms with van der Waals surface area (Å²) in [4.78, 5) is 25.0. The molecule has 0 radical (unpaired) electrons. The summed E-state index contributed by atoms with van der Waals surface area (Å²) in [7, 11) is 0. The number of hydrogen-bond acceptors (Lipinski definition) is 6. The van der Waals surface area contributed by atoms with E-state index in [9.17, 15) is 14.7 Å². The minimum atomic E-state index is -0.680. The van der Waals surface area contributed by atoms with Crippen molar-refractivity contribution in [2.75, 3.05) is 13.2 Å². The van der Waals surface area contributed by atoms with Crippen LogP contribution in [0.3, 0.4) is 0 Å². The van der Waals surface area contributed by atoms with Crippen molar-refractivity contribution in [1.29, 1.82) is 0 Å². The zero-order valence-electron chi connectivity index (χ0n) is 15.2. The predicted octanol–water partition coefficient (Wildman–Crippen LogP) is 3.65. The molecule has 26 heavy (non-hydrogen) atoms. The van der Waals surface area contributed by atoms with Crippen molar-refractivity contribution in [2.45, 2.75) is 33.3 Å². The van der Waals surface area contributed by atoms with E-state index >= 15 is 0 Å². The van der Waals surface area contributed by atoms with Crippen LogP contribution in [0, 0.1) is 0 Å². The van der Waals surface area contributed by atoms with Crippen molar-refractivity contribution in [3.8, 4) is 5.75 Å². The van der Waals surface area contributed by atoms with Crippen LogP contribution in [0.4, 0.5) is 4.79 Å². The fraction of sp³-hybridized carbons (Fsp3) is 0.368. The number of aliphatic hydroxyl groups is 1. The number of esters is 1. The van der Waals surface area contributed by atoms with Crippen LogP contribution in [0.2, 0.25) is 0 Å². The average Bonchev–Trinajstić information content (AvgIpc) is 2.85. The van der Waals surface area contributed by atoms with Crippen molar-refractivity contribution < 1.29 is 28.9 Å². The van der Waals surface area contributed by atoms with Crippen molar-refractivity contribution in [3.05, 3.63) is 35.7 Å². The fourth-order valence-corrected chi connectivity index (χ4v) is 2.83. The molecule has 3 rings (SSSR count). The lowest BCUT2D eigenvalue weighted by atomic mass is 10.0. The van der Waals surface area contributed by atoms with E-state index in [-0.39, 0.29) is 24.5 Å². The van der Waals surface area contributed by atoms with Crippen LogP contribution in [0.15, 0.2) is 30.2 Å². The third-order valence-electron chi connectivity index (χ3n) is 3.78. The number of rotatable bonds is 2. The van der Waals surface area contributed by atoms with Gasteiger partial charge < -0.3 is 19.3 Å². The predicted molar refractivity (Wildman–Crippen MR) is 95.2 cm³/mol. The van der Waals surface area contributed by atoms with E-state index in [0.717, 1.165) is 0 Å². The zero-order chi connectivity index (χ0) is 19.1. The molecule has 2 aromatic rings. The summed E-state index contributed by atoms with van der Waals surface area (Å²) >= 11 is 0. The zero-order valence-corrected chi connectivity index (χ0v) is 15.2. The Hall–Kier alpha value is -2.96. The van der Waals surface area contributed by atoms with Gasteiger partial charge in [0.1, 0.15) is 29.3 Å². The van der Waals surface area contributed by atoms with Gasteiger partial charge in [-0.2, -0.15) is 0 Å². The van der Waals surface area contributed by atoms with Crippen LogP contribution >= 0.6 is 0 Å². The van der Waals surface area contributed by atoms with Crippen LogP contribution in [0.1, 0.15) is 33.3 Å². The van der Waals surface area contributed by atoms with Gasteiger partial charge in [0.15, 0.2) is 0 Å². The minimum absolute atomic E-state index is 0.0101. The number of carbonyl (C=O) groups is 2. The summed E-state index contributed by atoms with van der Waals surface area (Å²) in [5.74, 6) is -0.456. The van der Waals surface area contributed by atoms with Gasteiger partial charge in [-0.25, -0.2) is 9.59 Å². The molecule has 1 aromatic carbocycles. The second kappa shape index (κ2) is 6.40. The minimum Gasteiger partial charge on any atom is -0.508 e. The third-order valence-corrected chi connectivity index (χ3v) is 3.78. The molecular formula is C19H21NO6. The highest BCUT2D eigenvalue weighted by Gasteiger charge is 2.30. The maximum atomic E-state index is 12.6. The second-order valence-electron chi connectivity index (χ2n) is 6.87. The maximum absolute atomic E-state index is 12.6. The molecule has 0 bridgehead atoms. The number of aromatic nitrogens is 1. The monoisotopic (exact) mass is 359 g/mol. The smallest absolute Gasteiger partial charge is 0.419 e. The molecule has 0 unspecified atom stereocenters. The van der Waals surface area contributed by atoms with Gasteiger partial charge in [-0.05, 0) is 39.8 Å². The largest absolute Gasteiger partial charge is 0.508 e. The van der Waals surface area contributed by atoms with Gasteiger partial charge in [0.2, 0.25) is 0 Å². The Morgan fingerprint density at radius 3 is 2.69 bits per heavy atom. The van der Waals surface area contributed by atoms with E-state index in [1.54, 1.807) is 45.9 Å². The lowest BCUT2D eigenvalue weighted by Gasteiger charge is -2.19. The van der Waals surface area contributed by atoms with E-state index in [0.29, 0.717) is 22.2 Å². The second-order valence-corrected chi connectivity index (χ2v) is 6.87. The molecule has 7 nitrogen and oxygen atoms in total. The molecule has 0 spiro atoms. The van der Waals surface area contributed by atoms with Crippen molar-refractivity contribution in [2.24, 2.45) is 0 Å². The Morgan fingerprint density at radius 2 is 2.04 bits per heavy atom. The van der Waals surface area contributed by atoms with Gasteiger partial charge in [0, 0.05) is 11.8 Å². The molecule has 1 N–H and O–H groups in total. The Kier molecular flexibility index (Phi) is 4.39. The lowest BCUT2D eigenvalue weighted by molar-refractivity contribution is -0.136. The van der Waals surface area contributed by atoms with Gasteiger partial charge in [-0.3, -0.25) is 4.57 Å². The van der Waals surface area contributed by atoms with Crippen LogP contribution in [0.5, 0.6) is 5.75 Å². The summed E-state index contributed by atoms with van der Waals surface area (Å²) in [6.45, 7) is 6.99. The molecular weight excluding hydrogens is 338 g/mol. The SMILES string of the molecule is CCOC(=O)C1=C(O)COc2cccc3c2c1cn3C(=O)OC(C)(C)C. The molecule has 2 heterocycles. The molecule has 0 fully saturated rings. The van der Waals surface area contributed by atoms with Crippen LogP contribution in [-0.2, 0) is 14.3 Å². The highest BCUT2D eigenvalue weighted by Crippen LogP contribution is 2.38. The lowest BCUT2D eigenvalue weighted by Crippen LogP contribution is -2.26. The fourth-order valence-electron chi connectivity index (χ4n) is 2.83. The highest BCUT2D eigenvalue weighted by molar-refractivity contribution is 6.22. The number of benzene rings is 1. The Bertz CT molecular complexity index is 916. The third kappa shape index (κ3) is 3.12. The number of carbonyl (C=O) groups excluding carboxylic acids is 2. The van der Waals surface area contributed by atoms with E-state index in [2.05, 4.69) is 0 Å². The van der Waals surface area contributed by atoms with Crippen LogP contribution < -0.4 is 4.74 Å². The van der Waals surface area contributed by atoms with Gasteiger partial charge in [0.05, 0.1) is 17.5 Å². The summed E-state index contributed by atoms with van der Waals surface area (Å²) in [6, 6.07) is 5.17. The molecule has 0 aliphatic carbocycles.